The molecule has 0 bridgehead atoms. The van der Waals surface area contributed by atoms with Gasteiger partial charge in [-0.05, 0) is 55.6 Å². The predicted molar refractivity (Wildman–Crippen MR) is 230 cm³/mol. The molecule has 9 aromatic carbocycles. The standard InChI is InChI=1S/C50H30N4S/c1-3-12-34(13-4-1)47-52-48(54-49(53-47)38-26-23-33-22-21-32-11-7-8-16-39(32)43(33)30-38)35-24-19-31(20-25-35)37-27-28-41-40-17-9-10-18-42(40)46-45(44(41)29-37)51-50(55-46)36-14-5-2-6-15-36/h1-30H. The minimum atomic E-state index is 0.635. The minimum Gasteiger partial charge on any atom is -0.235 e. The maximum atomic E-state index is 5.24. The second-order valence-electron chi connectivity index (χ2n) is 13.8. The highest BCUT2D eigenvalue weighted by Gasteiger charge is 2.17. The SMILES string of the molecule is c1ccc(-c2nc(-c3ccc(-c4ccc5c6ccccc6c6sc(-c7ccccc7)nc6c5c4)cc3)nc(-c3ccc4ccc5ccccc5c4c3)n2)cc1. The van der Waals surface area contributed by atoms with E-state index in [-0.39, 0.29) is 0 Å². The van der Waals surface area contributed by atoms with Crippen LogP contribution in [-0.4, -0.2) is 19.9 Å². The quantitative estimate of drug-likeness (QED) is 0.166. The fourth-order valence-corrected chi connectivity index (χ4v) is 8.89. The van der Waals surface area contributed by atoms with Gasteiger partial charge in [-0.1, -0.05) is 170 Å². The maximum absolute atomic E-state index is 5.24. The van der Waals surface area contributed by atoms with Gasteiger partial charge in [0, 0.05) is 33.0 Å². The molecule has 0 aliphatic carbocycles. The van der Waals surface area contributed by atoms with E-state index in [1.165, 1.54) is 42.4 Å². The fourth-order valence-electron chi connectivity index (χ4n) is 7.76. The summed E-state index contributed by atoms with van der Waals surface area (Å²) >= 11 is 1.77. The van der Waals surface area contributed by atoms with Crippen LogP contribution < -0.4 is 0 Å². The van der Waals surface area contributed by atoms with Gasteiger partial charge in [0.1, 0.15) is 5.01 Å². The third-order valence-corrected chi connectivity index (χ3v) is 11.7. The lowest BCUT2D eigenvalue weighted by Gasteiger charge is -2.11. The van der Waals surface area contributed by atoms with Crippen LogP contribution in [0.2, 0.25) is 0 Å². The van der Waals surface area contributed by atoms with Crippen LogP contribution in [0.3, 0.4) is 0 Å². The van der Waals surface area contributed by atoms with Gasteiger partial charge in [0.2, 0.25) is 0 Å². The molecular weight excluding hydrogens is 689 g/mol. The largest absolute Gasteiger partial charge is 0.235 e. The Balaban J connectivity index is 1.02. The van der Waals surface area contributed by atoms with Crippen molar-refractivity contribution >= 4 is 64.6 Å². The number of benzene rings is 9. The van der Waals surface area contributed by atoms with Crippen LogP contribution in [0.25, 0.3) is 109 Å². The minimum absolute atomic E-state index is 0.635. The molecule has 4 nitrogen and oxygen atoms in total. The first-order valence-electron chi connectivity index (χ1n) is 18.4. The molecule has 0 spiro atoms. The van der Waals surface area contributed by atoms with Crippen molar-refractivity contribution in [2.45, 2.75) is 0 Å². The molecule has 0 N–H and O–H groups in total. The lowest BCUT2D eigenvalue weighted by Crippen LogP contribution is -2.00. The first kappa shape index (κ1) is 31.4. The molecule has 0 aliphatic rings. The van der Waals surface area contributed by atoms with E-state index >= 15 is 0 Å². The molecule has 0 atom stereocenters. The Morgan fingerprint density at radius 2 is 0.782 bits per heavy atom. The first-order chi connectivity index (χ1) is 27.2. The van der Waals surface area contributed by atoms with Crippen LogP contribution in [0.1, 0.15) is 0 Å². The Morgan fingerprint density at radius 3 is 1.53 bits per heavy atom. The third kappa shape index (κ3) is 5.44. The average Bonchev–Trinajstić information content (AvgIpc) is 3.73. The summed E-state index contributed by atoms with van der Waals surface area (Å²) in [6.07, 6.45) is 0. The molecular formula is C50H30N4S. The highest BCUT2D eigenvalue weighted by atomic mass is 32.1. The Labute approximate surface area is 321 Å². The number of nitrogens with zero attached hydrogens (tertiary/aromatic N) is 4. The smallest absolute Gasteiger partial charge is 0.164 e. The third-order valence-electron chi connectivity index (χ3n) is 10.5. The lowest BCUT2D eigenvalue weighted by molar-refractivity contribution is 1.07. The zero-order chi connectivity index (χ0) is 36.3. The molecule has 2 aromatic heterocycles. The van der Waals surface area contributed by atoms with Crippen LogP contribution in [0.4, 0.5) is 0 Å². The van der Waals surface area contributed by atoms with E-state index in [2.05, 4.69) is 146 Å². The molecule has 11 rings (SSSR count). The number of hydrogen-bond donors (Lipinski definition) is 0. The molecule has 0 aliphatic heterocycles. The number of rotatable bonds is 5. The van der Waals surface area contributed by atoms with E-state index in [1.54, 1.807) is 11.3 Å². The summed E-state index contributed by atoms with van der Waals surface area (Å²) in [4.78, 5) is 20.4. The number of aromatic nitrogens is 4. The van der Waals surface area contributed by atoms with Gasteiger partial charge >= 0.3 is 0 Å². The molecule has 256 valence electrons. The van der Waals surface area contributed by atoms with E-state index in [9.17, 15) is 0 Å². The van der Waals surface area contributed by atoms with Gasteiger partial charge in [-0.25, -0.2) is 19.9 Å². The second kappa shape index (κ2) is 12.8. The zero-order valence-corrected chi connectivity index (χ0v) is 30.3. The monoisotopic (exact) mass is 718 g/mol. The Morgan fingerprint density at radius 1 is 0.291 bits per heavy atom. The van der Waals surface area contributed by atoms with E-state index in [0.717, 1.165) is 49.3 Å². The van der Waals surface area contributed by atoms with E-state index in [4.69, 9.17) is 19.9 Å². The van der Waals surface area contributed by atoms with Crippen LogP contribution >= 0.6 is 11.3 Å². The van der Waals surface area contributed by atoms with Gasteiger partial charge in [-0.2, -0.15) is 0 Å². The second-order valence-corrected chi connectivity index (χ2v) is 14.8. The summed E-state index contributed by atoms with van der Waals surface area (Å²) < 4.78 is 1.22. The molecule has 5 heteroatoms. The summed E-state index contributed by atoms with van der Waals surface area (Å²) in [6.45, 7) is 0. The van der Waals surface area contributed by atoms with E-state index in [1.807, 2.05) is 36.4 Å². The predicted octanol–water partition coefficient (Wildman–Crippen LogP) is 13.4. The average molecular weight is 719 g/mol. The zero-order valence-electron chi connectivity index (χ0n) is 29.5. The van der Waals surface area contributed by atoms with Gasteiger partial charge < -0.3 is 0 Å². The Bertz CT molecular complexity index is 3250. The Kier molecular flexibility index (Phi) is 7.32. The summed E-state index contributed by atoms with van der Waals surface area (Å²) in [7, 11) is 0. The molecule has 0 amide bonds. The first-order valence-corrected chi connectivity index (χ1v) is 19.2. The van der Waals surface area contributed by atoms with Crippen molar-refractivity contribution in [3.8, 4) is 55.9 Å². The van der Waals surface area contributed by atoms with Crippen molar-refractivity contribution in [1.29, 1.82) is 0 Å². The molecule has 0 radical (unpaired) electrons. The normalized spacial score (nSPS) is 11.6. The lowest BCUT2D eigenvalue weighted by atomic mass is 9.96. The van der Waals surface area contributed by atoms with Crippen LogP contribution in [0, 0.1) is 0 Å². The van der Waals surface area contributed by atoms with Gasteiger partial charge in [-0.15, -0.1) is 11.3 Å². The van der Waals surface area contributed by atoms with Crippen molar-refractivity contribution < 1.29 is 0 Å². The van der Waals surface area contributed by atoms with Crippen LogP contribution in [0.15, 0.2) is 182 Å². The molecule has 0 saturated carbocycles. The summed E-state index contributed by atoms with van der Waals surface area (Å²) in [5.41, 5.74) is 7.26. The van der Waals surface area contributed by atoms with Crippen molar-refractivity contribution in [3.63, 3.8) is 0 Å². The summed E-state index contributed by atoms with van der Waals surface area (Å²) in [5.74, 6) is 1.93. The molecule has 0 saturated heterocycles. The van der Waals surface area contributed by atoms with Crippen molar-refractivity contribution in [2.75, 3.05) is 0 Å². The molecule has 2 heterocycles. The number of fused-ring (bicyclic) bond motifs is 9. The number of hydrogen-bond acceptors (Lipinski definition) is 5. The molecule has 11 aromatic rings. The molecule has 0 unspecified atom stereocenters. The van der Waals surface area contributed by atoms with E-state index < -0.39 is 0 Å². The molecule has 0 fully saturated rings. The topological polar surface area (TPSA) is 51.6 Å². The fraction of sp³-hybridized carbons (Fsp3) is 0. The number of thiazole rings is 1. The van der Waals surface area contributed by atoms with Gasteiger partial charge in [0.15, 0.2) is 17.5 Å². The Hall–Kier alpha value is -7.08. The van der Waals surface area contributed by atoms with Crippen molar-refractivity contribution in [1.82, 2.24) is 19.9 Å². The van der Waals surface area contributed by atoms with Gasteiger partial charge in [-0.3, -0.25) is 0 Å². The van der Waals surface area contributed by atoms with Crippen molar-refractivity contribution in [3.05, 3.63) is 182 Å². The summed E-state index contributed by atoms with van der Waals surface area (Å²) in [6, 6.07) is 64.0. The highest BCUT2D eigenvalue weighted by Crippen LogP contribution is 2.42. The van der Waals surface area contributed by atoms with Gasteiger partial charge in [0.05, 0.1) is 10.2 Å². The van der Waals surface area contributed by atoms with Gasteiger partial charge in [0.25, 0.3) is 0 Å². The molecule has 55 heavy (non-hydrogen) atoms. The maximum Gasteiger partial charge on any atom is 0.164 e. The van der Waals surface area contributed by atoms with Crippen LogP contribution in [-0.2, 0) is 0 Å². The van der Waals surface area contributed by atoms with Crippen molar-refractivity contribution in [2.24, 2.45) is 0 Å². The highest BCUT2D eigenvalue weighted by molar-refractivity contribution is 7.22. The van der Waals surface area contributed by atoms with Crippen LogP contribution in [0.5, 0.6) is 0 Å². The summed E-state index contributed by atoms with van der Waals surface area (Å²) in [5, 5.41) is 10.7. The van der Waals surface area contributed by atoms with E-state index in [0.29, 0.717) is 17.5 Å².